The Morgan fingerprint density at radius 3 is 2.95 bits per heavy atom. The molecular formula is C16H25N3O2. The fourth-order valence-electron chi connectivity index (χ4n) is 3.87. The summed E-state index contributed by atoms with van der Waals surface area (Å²) >= 11 is 0. The van der Waals surface area contributed by atoms with Crippen LogP contribution in [0, 0.1) is 0 Å². The number of likely N-dealkylation sites (tertiary alicyclic amines) is 1. The van der Waals surface area contributed by atoms with Gasteiger partial charge in [0.25, 0.3) is 0 Å². The van der Waals surface area contributed by atoms with E-state index in [0.29, 0.717) is 12.1 Å². The van der Waals surface area contributed by atoms with Gasteiger partial charge in [0.1, 0.15) is 11.9 Å². The fraction of sp³-hybridized carbons (Fsp3) is 0.750. The molecule has 2 atom stereocenters. The van der Waals surface area contributed by atoms with Gasteiger partial charge in [0.2, 0.25) is 0 Å². The van der Waals surface area contributed by atoms with Gasteiger partial charge in [-0.05, 0) is 46.1 Å². The quantitative estimate of drug-likeness (QED) is 0.924. The first-order valence-electron chi connectivity index (χ1n) is 8.11. The van der Waals surface area contributed by atoms with E-state index in [4.69, 9.17) is 4.98 Å². The number of hydrogen-bond donors (Lipinski definition) is 1. The van der Waals surface area contributed by atoms with Crippen LogP contribution < -0.4 is 0 Å². The maximum absolute atomic E-state index is 11.4. The van der Waals surface area contributed by atoms with Crippen LogP contribution in [0.3, 0.4) is 0 Å². The highest BCUT2D eigenvalue weighted by Gasteiger charge is 2.30. The van der Waals surface area contributed by atoms with Crippen molar-refractivity contribution in [3.63, 3.8) is 0 Å². The molecule has 0 spiro atoms. The largest absolute Gasteiger partial charge is 0.480 e. The van der Waals surface area contributed by atoms with Crippen LogP contribution in [-0.4, -0.2) is 44.2 Å². The second-order valence-corrected chi connectivity index (χ2v) is 6.63. The van der Waals surface area contributed by atoms with Crippen molar-refractivity contribution in [3.8, 4) is 0 Å². The molecule has 0 bridgehead atoms. The third kappa shape index (κ3) is 2.84. The van der Waals surface area contributed by atoms with Gasteiger partial charge in [-0.1, -0.05) is 0 Å². The summed E-state index contributed by atoms with van der Waals surface area (Å²) < 4.78 is 1.90. The minimum atomic E-state index is -0.732. The van der Waals surface area contributed by atoms with E-state index in [9.17, 15) is 9.90 Å². The summed E-state index contributed by atoms with van der Waals surface area (Å²) in [6, 6.07) is 0.714. The predicted molar refractivity (Wildman–Crippen MR) is 80.4 cm³/mol. The molecule has 5 nitrogen and oxygen atoms in total. The molecule has 2 aliphatic rings. The first kappa shape index (κ1) is 14.6. The summed E-state index contributed by atoms with van der Waals surface area (Å²) in [7, 11) is 0. The predicted octanol–water partition coefficient (Wildman–Crippen LogP) is 2.26. The molecule has 0 aliphatic carbocycles. The van der Waals surface area contributed by atoms with Gasteiger partial charge >= 0.3 is 5.97 Å². The van der Waals surface area contributed by atoms with Crippen LogP contribution in [0.2, 0.25) is 0 Å². The third-order valence-electron chi connectivity index (χ3n) is 4.89. The molecule has 1 aromatic heterocycles. The number of imidazole rings is 1. The van der Waals surface area contributed by atoms with Crippen LogP contribution in [0.15, 0.2) is 6.20 Å². The summed E-state index contributed by atoms with van der Waals surface area (Å²) in [4.78, 5) is 18.6. The van der Waals surface area contributed by atoms with Crippen LogP contribution in [0.25, 0.3) is 0 Å². The highest BCUT2D eigenvalue weighted by Crippen LogP contribution is 2.27. The SMILES string of the molecule is CC(C)N1CCCC1Cc1cn2c(n1)CCCC2C(=O)O. The van der Waals surface area contributed by atoms with Crippen molar-refractivity contribution in [1.82, 2.24) is 14.5 Å². The minimum absolute atomic E-state index is 0.417. The number of nitrogens with zero attached hydrogens (tertiary/aromatic N) is 3. The molecule has 1 fully saturated rings. The number of carboxylic acid groups (broad SMARTS) is 1. The lowest BCUT2D eigenvalue weighted by Crippen LogP contribution is -2.36. The normalized spacial score (nSPS) is 26.2. The zero-order valence-corrected chi connectivity index (χ0v) is 13.0. The van der Waals surface area contributed by atoms with Gasteiger partial charge in [-0.3, -0.25) is 4.90 Å². The Balaban J connectivity index is 1.77. The number of aromatic nitrogens is 2. The van der Waals surface area contributed by atoms with E-state index in [-0.39, 0.29) is 0 Å². The molecule has 1 N–H and O–H groups in total. The number of rotatable bonds is 4. The fourth-order valence-corrected chi connectivity index (χ4v) is 3.87. The van der Waals surface area contributed by atoms with E-state index in [0.717, 1.165) is 37.2 Å². The molecule has 5 heteroatoms. The average molecular weight is 291 g/mol. The zero-order valence-electron chi connectivity index (χ0n) is 13.0. The molecule has 0 aromatic carbocycles. The van der Waals surface area contributed by atoms with E-state index in [2.05, 4.69) is 18.7 Å². The Kier molecular flexibility index (Phi) is 4.02. The highest BCUT2D eigenvalue weighted by molar-refractivity contribution is 5.72. The van der Waals surface area contributed by atoms with Crippen LogP contribution >= 0.6 is 0 Å². The summed E-state index contributed by atoms with van der Waals surface area (Å²) in [6.45, 7) is 5.67. The molecular weight excluding hydrogens is 266 g/mol. The van der Waals surface area contributed by atoms with Crippen molar-refractivity contribution in [3.05, 3.63) is 17.7 Å². The first-order chi connectivity index (χ1) is 10.1. The topological polar surface area (TPSA) is 58.4 Å². The zero-order chi connectivity index (χ0) is 15.0. The Bertz CT molecular complexity index is 524. The number of fused-ring (bicyclic) bond motifs is 1. The maximum atomic E-state index is 11.4. The number of aliphatic carboxylic acids is 1. The summed E-state index contributed by atoms with van der Waals surface area (Å²) in [5.74, 6) is 0.224. The van der Waals surface area contributed by atoms with Crippen molar-refractivity contribution >= 4 is 5.97 Å². The standard InChI is InChI=1S/C16H25N3O2/c1-11(2)18-8-4-5-13(18)9-12-10-19-14(16(20)21)6-3-7-15(19)17-12/h10-11,13-14H,3-9H2,1-2H3,(H,20,21). The van der Waals surface area contributed by atoms with Crippen LogP contribution in [0.5, 0.6) is 0 Å². The lowest BCUT2D eigenvalue weighted by atomic mass is 10.1. The lowest BCUT2D eigenvalue weighted by Gasteiger charge is -2.27. The summed E-state index contributed by atoms with van der Waals surface area (Å²) in [5, 5.41) is 9.34. The Labute approximate surface area is 126 Å². The first-order valence-corrected chi connectivity index (χ1v) is 8.11. The van der Waals surface area contributed by atoms with Crippen molar-refractivity contribution < 1.29 is 9.90 Å². The monoisotopic (exact) mass is 291 g/mol. The van der Waals surface area contributed by atoms with Gasteiger partial charge in [-0.25, -0.2) is 9.78 Å². The Hall–Kier alpha value is -1.36. The van der Waals surface area contributed by atoms with E-state index >= 15 is 0 Å². The molecule has 116 valence electrons. The number of carbonyl (C=O) groups is 1. The van der Waals surface area contributed by atoms with Crippen molar-refractivity contribution in [2.75, 3.05) is 6.54 Å². The van der Waals surface area contributed by atoms with Crippen molar-refractivity contribution in [2.24, 2.45) is 0 Å². The summed E-state index contributed by atoms with van der Waals surface area (Å²) in [5.41, 5.74) is 1.07. The lowest BCUT2D eigenvalue weighted by molar-refractivity contribution is -0.141. The average Bonchev–Trinajstić information content (AvgIpc) is 3.03. The van der Waals surface area contributed by atoms with Crippen molar-refractivity contribution in [2.45, 2.75) is 70.5 Å². The smallest absolute Gasteiger partial charge is 0.326 e. The Morgan fingerprint density at radius 2 is 2.24 bits per heavy atom. The molecule has 21 heavy (non-hydrogen) atoms. The van der Waals surface area contributed by atoms with Crippen LogP contribution in [0.1, 0.15) is 57.1 Å². The van der Waals surface area contributed by atoms with Gasteiger partial charge in [-0.2, -0.15) is 0 Å². The molecule has 0 radical (unpaired) electrons. The van der Waals surface area contributed by atoms with Crippen LogP contribution in [-0.2, 0) is 17.6 Å². The van der Waals surface area contributed by atoms with E-state index in [1.807, 2.05) is 10.8 Å². The molecule has 3 rings (SSSR count). The molecule has 0 amide bonds. The molecule has 2 aliphatic heterocycles. The summed E-state index contributed by atoms with van der Waals surface area (Å²) in [6.07, 6.45) is 7.97. The number of carboxylic acids is 1. The van der Waals surface area contributed by atoms with Crippen molar-refractivity contribution in [1.29, 1.82) is 0 Å². The van der Waals surface area contributed by atoms with E-state index in [1.165, 1.54) is 19.4 Å². The molecule has 1 saturated heterocycles. The van der Waals surface area contributed by atoms with Crippen LogP contribution in [0.4, 0.5) is 0 Å². The highest BCUT2D eigenvalue weighted by atomic mass is 16.4. The van der Waals surface area contributed by atoms with E-state index < -0.39 is 12.0 Å². The maximum Gasteiger partial charge on any atom is 0.326 e. The molecule has 3 heterocycles. The second-order valence-electron chi connectivity index (χ2n) is 6.63. The molecule has 2 unspecified atom stereocenters. The Morgan fingerprint density at radius 1 is 1.43 bits per heavy atom. The van der Waals surface area contributed by atoms with Gasteiger partial charge in [0.15, 0.2) is 0 Å². The van der Waals surface area contributed by atoms with Gasteiger partial charge in [-0.15, -0.1) is 0 Å². The number of hydrogen-bond acceptors (Lipinski definition) is 3. The minimum Gasteiger partial charge on any atom is -0.480 e. The van der Waals surface area contributed by atoms with Gasteiger partial charge in [0.05, 0.1) is 5.69 Å². The second kappa shape index (κ2) is 5.79. The molecule has 0 saturated carbocycles. The van der Waals surface area contributed by atoms with Gasteiger partial charge in [0, 0.05) is 31.1 Å². The van der Waals surface area contributed by atoms with Gasteiger partial charge < -0.3 is 9.67 Å². The van der Waals surface area contributed by atoms with E-state index in [1.54, 1.807) is 0 Å². The third-order valence-corrected chi connectivity index (χ3v) is 4.89. The number of aryl methyl sites for hydroxylation is 1. The molecule has 1 aromatic rings.